The zero-order chi connectivity index (χ0) is 47.7. The van der Waals surface area contributed by atoms with Gasteiger partial charge in [0.25, 0.3) is 0 Å². The van der Waals surface area contributed by atoms with E-state index in [4.69, 9.17) is 14.2 Å². The highest BCUT2D eigenvalue weighted by Gasteiger charge is 2.17. The fourth-order valence-electron chi connectivity index (χ4n) is 7.96. The minimum absolute atomic E-state index is 0.0734. The Morgan fingerprint density at radius 2 is 0.682 bits per heavy atom. The van der Waals surface area contributed by atoms with Gasteiger partial charge in [-0.05, 0) is 109 Å². The van der Waals surface area contributed by atoms with E-state index >= 15 is 0 Å². The Balaban J connectivity index is 4.30. The van der Waals surface area contributed by atoms with Gasteiger partial charge in [0.05, 0.1) is 6.61 Å². The Labute approximate surface area is 410 Å². The molecule has 0 aromatic carbocycles. The molecule has 0 radical (unpaired) electrons. The average Bonchev–Trinajstić information content (AvgIpc) is 3.32. The predicted molar refractivity (Wildman–Crippen MR) is 288 cm³/mol. The first-order valence-corrected chi connectivity index (χ1v) is 28.5. The first-order valence-electron chi connectivity index (χ1n) is 28.5. The van der Waals surface area contributed by atoms with Crippen LogP contribution in [0.2, 0.25) is 0 Å². The van der Waals surface area contributed by atoms with E-state index in [1.807, 2.05) is 0 Å². The summed E-state index contributed by atoms with van der Waals surface area (Å²) in [5.74, 6) is -0.414. The molecule has 0 aromatic heterocycles. The van der Waals surface area contributed by atoms with Crippen molar-refractivity contribution in [2.45, 2.75) is 284 Å². The second-order valence-corrected chi connectivity index (χ2v) is 18.8. The molecule has 66 heavy (non-hydrogen) atoms. The fourth-order valence-corrected chi connectivity index (χ4v) is 7.96. The third kappa shape index (κ3) is 54.0. The zero-order valence-electron chi connectivity index (χ0n) is 44.0. The van der Waals surface area contributed by atoms with E-state index in [1.165, 1.54) is 154 Å². The normalized spacial score (nSPS) is 12.7. The van der Waals surface area contributed by atoms with Gasteiger partial charge in [-0.1, -0.05) is 229 Å². The Hall–Kier alpha value is -2.66. The molecule has 0 aromatic rings. The molecule has 0 fully saturated rings. The summed E-state index contributed by atoms with van der Waals surface area (Å²) in [5, 5.41) is 0. The number of ether oxygens (including phenoxy) is 3. The summed E-state index contributed by atoms with van der Waals surface area (Å²) in [6.07, 6.45) is 73.4. The first-order chi connectivity index (χ1) is 32.6. The molecule has 0 heterocycles. The number of unbranched alkanes of at least 4 members (excludes halogenated alkanes) is 29. The quantitative estimate of drug-likeness (QED) is 0.0346. The molecule has 0 spiro atoms. The van der Waals surface area contributed by atoms with Gasteiger partial charge in [0.2, 0.25) is 0 Å². The van der Waals surface area contributed by atoms with Crippen LogP contribution in [0.3, 0.4) is 0 Å². The van der Waals surface area contributed by atoms with Gasteiger partial charge in [-0.15, -0.1) is 0 Å². The second-order valence-electron chi connectivity index (χ2n) is 18.8. The van der Waals surface area contributed by atoms with Crippen LogP contribution < -0.4 is 0 Å². The lowest BCUT2D eigenvalue weighted by atomic mass is 10.1. The van der Waals surface area contributed by atoms with Crippen molar-refractivity contribution < 1.29 is 23.8 Å². The van der Waals surface area contributed by atoms with Crippen LogP contribution in [0, 0.1) is 0 Å². The number of hydrogen-bond donors (Lipinski definition) is 0. The van der Waals surface area contributed by atoms with Gasteiger partial charge in [0.1, 0.15) is 6.61 Å². The lowest BCUT2D eigenvalue weighted by Crippen LogP contribution is -2.30. The van der Waals surface area contributed by atoms with E-state index in [0.29, 0.717) is 19.4 Å². The molecule has 0 aliphatic rings. The highest BCUT2D eigenvalue weighted by atomic mass is 16.6. The summed E-state index contributed by atoms with van der Waals surface area (Å²) in [6.45, 7) is 7.68. The molecule has 1 unspecified atom stereocenters. The maximum Gasteiger partial charge on any atom is 0.306 e. The van der Waals surface area contributed by atoms with Crippen LogP contribution in [-0.4, -0.2) is 37.9 Å². The van der Waals surface area contributed by atoms with Crippen LogP contribution in [-0.2, 0) is 23.8 Å². The summed E-state index contributed by atoms with van der Waals surface area (Å²) in [5.41, 5.74) is 0. The average molecular weight is 922 g/mol. The number of allylic oxidation sites excluding steroid dienone is 12. The molecule has 0 aliphatic carbocycles. The van der Waals surface area contributed by atoms with Gasteiger partial charge >= 0.3 is 11.9 Å². The molecule has 0 saturated carbocycles. The fraction of sp³-hybridized carbons (Fsp3) is 0.770. The highest BCUT2D eigenvalue weighted by molar-refractivity contribution is 5.70. The van der Waals surface area contributed by atoms with Crippen molar-refractivity contribution in [1.82, 2.24) is 0 Å². The number of rotatable bonds is 52. The predicted octanol–water partition coefficient (Wildman–Crippen LogP) is 19.5. The SMILES string of the molecule is CC/C=C\C/C=C\C/C=C\CCCCCCCCCC(=O)OCC(COCCCCCCCCCC/C=C\C/C=C\CCCCC)OC(=O)CCCCCCC/C=C\CCCCCCCC. The lowest BCUT2D eigenvalue weighted by Gasteiger charge is -2.18. The second kappa shape index (κ2) is 56.7. The van der Waals surface area contributed by atoms with Gasteiger partial charge in [-0.3, -0.25) is 9.59 Å². The number of esters is 2. The molecule has 0 amide bonds. The summed E-state index contributed by atoms with van der Waals surface area (Å²) in [6, 6.07) is 0. The molecule has 0 N–H and O–H groups in total. The van der Waals surface area contributed by atoms with Gasteiger partial charge < -0.3 is 14.2 Å². The molecule has 1 atom stereocenters. The summed E-state index contributed by atoms with van der Waals surface area (Å²) < 4.78 is 17.5. The molecule has 5 nitrogen and oxygen atoms in total. The van der Waals surface area contributed by atoms with Gasteiger partial charge in [0, 0.05) is 19.4 Å². The summed E-state index contributed by atoms with van der Waals surface area (Å²) in [7, 11) is 0. The smallest absolute Gasteiger partial charge is 0.306 e. The number of carbonyl (C=O) groups excluding carboxylic acids is 2. The van der Waals surface area contributed by atoms with E-state index in [9.17, 15) is 9.59 Å². The molecular weight excluding hydrogens is 813 g/mol. The molecule has 5 heteroatoms. The minimum Gasteiger partial charge on any atom is -0.462 e. The van der Waals surface area contributed by atoms with Crippen LogP contribution in [0.5, 0.6) is 0 Å². The lowest BCUT2D eigenvalue weighted by molar-refractivity contribution is -0.163. The van der Waals surface area contributed by atoms with Crippen LogP contribution >= 0.6 is 0 Å². The Morgan fingerprint density at radius 1 is 0.348 bits per heavy atom. The molecule has 0 rings (SSSR count). The molecular formula is C61H108O5. The van der Waals surface area contributed by atoms with Crippen molar-refractivity contribution in [1.29, 1.82) is 0 Å². The third-order valence-corrected chi connectivity index (χ3v) is 12.2. The molecule has 0 aliphatic heterocycles. The van der Waals surface area contributed by atoms with Crippen molar-refractivity contribution >= 4 is 11.9 Å². The topological polar surface area (TPSA) is 61.8 Å². The van der Waals surface area contributed by atoms with E-state index in [-0.39, 0.29) is 25.2 Å². The van der Waals surface area contributed by atoms with Crippen molar-refractivity contribution in [3.8, 4) is 0 Å². The van der Waals surface area contributed by atoms with Crippen molar-refractivity contribution in [3.05, 3.63) is 72.9 Å². The number of carbonyl (C=O) groups is 2. The maximum absolute atomic E-state index is 12.8. The highest BCUT2D eigenvalue weighted by Crippen LogP contribution is 2.14. The van der Waals surface area contributed by atoms with Crippen molar-refractivity contribution in [2.24, 2.45) is 0 Å². The van der Waals surface area contributed by atoms with Gasteiger partial charge in [-0.2, -0.15) is 0 Å². The summed E-state index contributed by atoms with van der Waals surface area (Å²) in [4.78, 5) is 25.5. The van der Waals surface area contributed by atoms with Crippen molar-refractivity contribution in [3.63, 3.8) is 0 Å². The Morgan fingerprint density at radius 3 is 1.14 bits per heavy atom. The maximum atomic E-state index is 12.8. The summed E-state index contributed by atoms with van der Waals surface area (Å²) >= 11 is 0. The van der Waals surface area contributed by atoms with Gasteiger partial charge in [0.15, 0.2) is 6.10 Å². The minimum atomic E-state index is -0.550. The van der Waals surface area contributed by atoms with Gasteiger partial charge in [-0.25, -0.2) is 0 Å². The molecule has 382 valence electrons. The van der Waals surface area contributed by atoms with E-state index in [0.717, 1.165) is 89.9 Å². The van der Waals surface area contributed by atoms with Crippen LogP contribution in [0.4, 0.5) is 0 Å². The largest absolute Gasteiger partial charge is 0.462 e. The molecule has 0 saturated heterocycles. The monoisotopic (exact) mass is 921 g/mol. The molecule has 0 bridgehead atoms. The Bertz CT molecular complexity index is 1180. The van der Waals surface area contributed by atoms with E-state index < -0.39 is 6.10 Å². The Kier molecular flexibility index (Phi) is 54.4. The number of hydrogen-bond acceptors (Lipinski definition) is 5. The zero-order valence-corrected chi connectivity index (χ0v) is 44.0. The van der Waals surface area contributed by atoms with Crippen LogP contribution in [0.1, 0.15) is 278 Å². The van der Waals surface area contributed by atoms with E-state index in [2.05, 4.69) is 93.7 Å². The first kappa shape index (κ1) is 63.3. The van der Waals surface area contributed by atoms with Crippen LogP contribution in [0.25, 0.3) is 0 Å². The van der Waals surface area contributed by atoms with Crippen LogP contribution in [0.15, 0.2) is 72.9 Å². The van der Waals surface area contributed by atoms with Crippen molar-refractivity contribution in [2.75, 3.05) is 19.8 Å². The standard InChI is InChI=1S/C61H108O5/c1-4-7-10-13-16-19-22-25-28-30-32-35-38-41-44-47-50-53-56-64-57-59(66-61(63)55-52-49-46-43-40-37-33-27-24-21-18-15-12-9-6-3)58-65-60(62)54-51-48-45-42-39-36-34-31-29-26-23-20-17-14-11-8-5-2/h8,11,16-17,19-20,25-29,33,59H,4-7,9-10,12-15,18,21-24,30-32,34-58H2,1-3H3/b11-8-,19-16-,20-17-,28-25-,29-26-,33-27-. The van der Waals surface area contributed by atoms with E-state index in [1.54, 1.807) is 0 Å². The third-order valence-electron chi connectivity index (χ3n) is 12.2.